The minimum Gasteiger partial charge on any atom is -0.353 e. The van der Waals surface area contributed by atoms with Gasteiger partial charge in [-0.3, -0.25) is 14.4 Å². The Bertz CT molecular complexity index is 988. The summed E-state index contributed by atoms with van der Waals surface area (Å²) in [4.78, 5) is 39.9. The van der Waals surface area contributed by atoms with Gasteiger partial charge in [0, 0.05) is 29.8 Å². The second-order valence-corrected chi connectivity index (χ2v) is 10.1. The summed E-state index contributed by atoms with van der Waals surface area (Å²) < 4.78 is 0. The largest absolute Gasteiger partial charge is 0.353 e. The van der Waals surface area contributed by atoms with Gasteiger partial charge in [-0.1, -0.05) is 48.6 Å². The molecule has 0 unspecified atom stereocenters. The van der Waals surface area contributed by atoms with Gasteiger partial charge in [0.2, 0.25) is 15.9 Å². The molecule has 2 aromatic rings. The van der Waals surface area contributed by atoms with E-state index < -0.39 is 5.91 Å². The van der Waals surface area contributed by atoms with Gasteiger partial charge < -0.3 is 15.5 Å². The first-order chi connectivity index (χ1) is 16.0. The minimum absolute atomic E-state index is 0.0414. The summed E-state index contributed by atoms with van der Waals surface area (Å²) in [7, 11) is 0. The van der Waals surface area contributed by atoms with E-state index in [1.807, 2.05) is 0 Å². The smallest absolute Gasteiger partial charge is 0.286 e. The van der Waals surface area contributed by atoms with Crippen LogP contribution in [0, 0.1) is 5.92 Å². The predicted molar refractivity (Wildman–Crippen MR) is 128 cm³/mol. The van der Waals surface area contributed by atoms with E-state index in [2.05, 4.69) is 20.8 Å². The first kappa shape index (κ1) is 23.6. The summed E-state index contributed by atoms with van der Waals surface area (Å²) in [6.45, 7) is 0.932. The van der Waals surface area contributed by atoms with Crippen LogP contribution < -0.4 is 10.6 Å². The van der Waals surface area contributed by atoms with Crippen LogP contribution in [0.1, 0.15) is 71.0 Å². The first-order valence-electron chi connectivity index (χ1n) is 11.5. The maximum atomic E-state index is 13.0. The van der Waals surface area contributed by atoms with Crippen molar-refractivity contribution in [2.45, 2.75) is 57.4 Å². The average Bonchev–Trinajstić information content (AvgIpc) is 3.19. The summed E-state index contributed by atoms with van der Waals surface area (Å²) in [5, 5.41) is 14.6. The number of benzene rings is 1. The number of nitrogens with zero attached hydrogens (tertiary/aromatic N) is 3. The Morgan fingerprint density at radius 3 is 2.36 bits per heavy atom. The fourth-order valence-corrected chi connectivity index (χ4v) is 5.21. The molecule has 8 nitrogen and oxygen atoms in total. The highest BCUT2D eigenvalue weighted by atomic mass is 35.5. The Morgan fingerprint density at radius 1 is 0.939 bits per heavy atom. The maximum Gasteiger partial charge on any atom is 0.286 e. The highest BCUT2D eigenvalue weighted by Crippen LogP contribution is 2.23. The fourth-order valence-electron chi connectivity index (χ4n) is 4.37. The molecule has 2 aliphatic rings. The molecule has 3 amide bonds. The molecule has 2 heterocycles. The predicted octanol–water partition coefficient (Wildman–Crippen LogP) is 4.14. The topological polar surface area (TPSA) is 104 Å². The number of carbonyl (C=O) groups excluding carboxylic acids is 3. The summed E-state index contributed by atoms with van der Waals surface area (Å²) in [5.74, 6) is -0.899. The molecule has 4 rings (SSSR count). The normalized spacial score (nSPS) is 19.5. The Kier molecular flexibility index (Phi) is 7.93. The van der Waals surface area contributed by atoms with E-state index in [9.17, 15) is 14.4 Å². The Hall–Kier alpha value is -2.52. The second-order valence-electron chi connectivity index (χ2n) is 8.66. The van der Waals surface area contributed by atoms with Crippen molar-refractivity contribution in [2.24, 2.45) is 5.92 Å². The van der Waals surface area contributed by atoms with E-state index >= 15 is 0 Å². The van der Waals surface area contributed by atoms with Gasteiger partial charge in [0.1, 0.15) is 0 Å². The highest BCUT2D eigenvalue weighted by Gasteiger charge is 2.31. The lowest BCUT2D eigenvalue weighted by atomic mass is 9.96. The van der Waals surface area contributed by atoms with Gasteiger partial charge >= 0.3 is 0 Å². The van der Waals surface area contributed by atoms with Crippen LogP contribution in [0.2, 0.25) is 5.02 Å². The third-order valence-electron chi connectivity index (χ3n) is 6.19. The van der Waals surface area contributed by atoms with Crippen LogP contribution in [0.25, 0.3) is 0 Å². The monoisotopic (exact) mass is 489 g/mol. The lowest BCUT2D eigenvalue weighted by molar-refractivity contribution is -0.127. The summed E-state index contributed by atoms with van der Waals surface area (Å²) >= 11 is 6.82. The molecule has 33 heavy (non-hydrogen) atoms. The molecule has 0 spiro atoms. The number of nitrogens with one attached hydrogen (secondary N) is 2. The molecule has 1 saturated carbocycles. The van der Waals surface area contributed by atoms with Crippen LogP contribution in [-0.2, 0) is 4.79 Å². The van der Waals surface area contributed by atoms with Crippen molar-refractivity contribution in [2.75, 3.05) is 18.4 Å². The van der Waals surface area contributed by atoms with E-state index in [1.54, 1.807) is 29.2 Å². The number of piperidine rings is 1. The van der Waals surface area contributed by atoms with Crippen molar-refractivity contribution in [1.29, 1.82) is 0 Å². The number of hydrogen-bond acceptors (Lipinski definition) is 6. The number of aromatic nitrogens is 2. The zero-order valence-corrected chi connectivity index (χ0v) is 20.0. The molecule has 10 heteroatoms. The molecule has 176 valence electrons. The van der Waals surface area contributed by atoms with Gasteiger partial charge in [0.25, 0.3) is 11.8 Å². The van der Waals surface area contributed by atoms with E-state index in [1.165, 1.54) is 12.8 Å². The number of amides is 3. The van der Waals surface area contributed by atoms with Crippen molar-refractivity contribution in [3.63, 3.8) is 0 Å². The Labute approximate surface area is 202 Å². The van der Waals surface area contributed by atoms with Gasteiger partial charge in [-0.15, -0.1) is 10.2 Å². The van der Waals surface area contributed by atoms with Crippen molar-refractivity contribution in [3.8, 4) is 0 Å². The standard InChI is InChI=1S/C23H28ClN5O3S/c24-16-9-11-18(12-10-16)26-20(31)21-27-28-22(33-21)23(32)29-13-5-6-15(14-29)19(30)25-17-7-3-1-2-4-8-17/h9-12,15,17H,1-8,13-14H2,(H,25,30)(H,26,31)/t15-/m1/s1. The molecular weight excluding hydrogens is 462 g/mol. The fraction of sp³-hybridized carbons (Fsp3) is 0.522. The zero-order valence-electron chi connectivity index (χ0n) is 18.4. The quantitative estimate of drug-likeness (QED) is 0.614. The van der Waals surface area contributed by atoms with Crippen molar-refractivity contribution >= 4 is 46.3 Å². The van der Waals surface area contributed by atoms with Crippen LogP contribution in [0.3, 0.4) is 0 Å². The number of halogens is 1. The molecular formula is C23H28ClN5O3S. The third kappa shape index (κ3) is 6.29. The van der Waals surface area contributed by atoms with Gasteiger partial charge in [-0.2, -0.15) is 0 Å². The summed E-state index contributed by atoms with van der Waals surface area (Å²) in [6, 6.07) is 6.95. The number of likely N-dealkylation sites (tertiary alicyclic amines) is 1. The minimum atomic E-state index is -0.437. The molecule has 0 bridgehead atoms. The molecule has 2 N–H and O–H groups in total. The number of hydrogen-bond donors (Lipinski definition) is 2. The third-order valence-corrected chi connectivity index (χ3v) is 7.35. The lowest BCUT2D eigenvalue weighted by Gasteiger charge is -2.32. The van der Waals surface area contributed by atoms with E-state index in [0.29, 0.717) is 23.8 Å². The van der Waals surface area contributed by atoms with Crippen LogP contribution >= 0.6 is 22.9 Å². The van der Waals surface area contributed by atoms with E-state index in [0.717, 1.165) is 49.9 Å². The van der Waals surface area contributed by atoms with Gasteiger partial charge in [0.05, 0.1) is 5.92 Å². The van der Waals surface area contributed by atoms with Gasteiger partial charge in [-0.05, 0) is 49.9 Å². The van der Waals surface area contributed by atoms with Gasteiger partial charge in [-0.25, -0.2) is 0 Å². The Balaban J connectivity index is 1.33. The van der Waals surface area contributed by atoms with Crippen LogP contribution in [0.5, 0.6) is 0 Å². The zero-order chi connectivity index (χ0) is 23.2. The van der Waals surface area contributed by atoms with E-state index in [4.69, 9.17) is 11.6 Å². The molecule has 2 fully saturated rings. The highest BCUT2D eigenvalue weighted by molar-refractivity contribution is 7.15. The van der Waals surface area contributed by atoms with Crippen molar-refractivity contribution in [3.05, 3.63) is 39.3 Å². The number of carbonyl (C=O) groups is 3. The van der Waals surface area contributed by atoms with Crippen LogP contribution in [0.15, 0.2) is 24.3 Å². The lowest BCUT2D eigenvalue weighted by Crippen LogP contribution is -2.47. The first-order valence-corrected chi connectivity index (χ1v) is 12.7. The van der Waals surface area contributed by atoms with Crippen molar-refractivity contribution in [1.82, 2.24) is 20.4 Å². The molecule has 1 saturated heterocycles. The van der Waals surface area contributed by atoms with Crippen LogP contribution in [0.4, 0.5) is 5.69 Å². The summed E-state index contributed by atoms with van der Waals surface area (Å²) in [6.07, 6.45) is 8.39. The molecule has 0 radical (unpaired) electrons. The molecule has 1 atom stereocenters. The second kappa shape index (κ2) is 11.1. The number of rotatable bonds is 5. The number of anilines is 1. The molecule has 1 aliphatic heterocycles. The van der Waals surface area contributed by atoms with Gasteiger partial charge in [0.15, 0.2) is 0 Å². The van der Waals surface area contributed by atoms with Crippen molar-refractivity contribution < 1.29 is 14.4 Å². The van der Waals surface area contributed by atoms with Crippen LogP contribution in [-0.4, -0.2) is 52.0 Å². The molecule has 1 aromatic heterocycles. The van der Waals surface area contributed by atoms with E-state index in [-0.39, 0.29) is 33.8 Å². The maximum absolute atomic E-state index is 13.0. The Morgan fingerprint density at radius 2 is 1.64 bits per heavy atom. The molecule has 1 aliphatic carbocycles. The average molecular weight is 490 g/mol. The SMILES string of the molecule is O=C(Nc1ccc(Cl)cc1)c1nnc(C(=O)N2CCC[C@@H](C(=O)NC3CCCCCC3)C2)s1. The summed E-state index contributed by atoms with van der Waals surface area (Å²) in [5.41, 5.74) is 0.575. The molecule has 1 aromatic carbocycles.